The minimum Gasteiger partial charge on any atom is -0.463 e. The van der Waals surface area contributed by atoms with E-state index in [1.54, 1.807) is 0 Å². The lowest BCUT2D eigenvalue weighted by Crippen LogP contribution is -2.34. The third-order valence-electron chi connectivity index (χ3n) is 3.13. The van der Waals surface area contributed by atoms with Gasteiger partial charge in [0.1, 0.15) is 0 Å². The number of rotatable bonds is 11. The predicted molar refractivity (Wildman–Crippen MR) is 84.3 cm³/mol. The van der Waals surface area contributed by atoms with Gasteiger partial charge in [-0.2, -0.15) is 0 Å². The minimum atomic E-state index is -0.771. The Morgan fingerprint density at radius 1 is 1.27 bits per heavy atom. The highest BCUT2D eigenvalue weighted by Crippen LogP contribution is 2.31. The van der Waals surface area contributed by atoms with Crippen LogP contribution in [-0.4, -0.2) is 37.4 Å². The van der Waals surface area contributed by atoms with Crippen LogP contribution < -0.4 is 0 Å². The molecule has 1 rings (SSSR count). The monoisotopic (exact) mass is 314 g/mol. The van der Waals surface area contributed by atoms with Crippen LogP contribution in [0.3, 0.4) is 0 Å². The summed E-state index contributed by atoms with van der Waals surface area (Å²) in [5.74, 6) is -0.951. The zero-order valence-corrected chi connectivity index (χ0v) is 14.3. The molecule has 5 nitrogen and oxygen atoms in total. The lowest BCUT2D eigenvalue weighted by atomic mass is 10.1. The second-order valence-electron chi connectivity index (χ2n) is 5.77. The Kier molecular flexibility index (Phi) is 8.68. The normalized spacial score (nSPS) is 24.1. The standard InChI is InChI=1S/C17H30O5/c1-5-12-19-16-9-11-17(22-16,20-13-6-2)10-7-8-15(18)21-14(3)4/h9,11,14,16H,5-8,10,12-13H2,1-4H3. The van der Waals surface area contributed by atoms with Crippen LogP contribution >= 0.6 is 0 Å². The zero-order chi connectivity index (χ0) is 16.4. The summed E-state index contributed by atoms with van der Waals surface area (Å²) >= 11 is 0. The van der Waals surface area contributed by atoms with E-state index in [0.29, 0.717) is 32.5 Å². The van der Waals surface area contributed by atoms with Crippen molar-refractivity contribution < 1.29 is 23.7 Å². The summed E-state index contributed by atoms with van der Waals surface area (Å²) < 4.78 is 22.5. The third kappa shape index (κ3) is 6.90. The number of ether oxygens (including phenoxy) is 4. The van der Waals surface area contributed by atoms with Gasteiger partial charge in [-0.05, 0) is 45.3 Å². The first kappa shape index (κ1) is 19.1. The summed E-state index contributed by atoms with van der Waals surface area (Å²) in [4.78, 5) is 11.6. The smallest absolute Gasteiger partial charge is 0.306 e. The first-order valence-electron chi connectivity index (χ1n) is 8.33. The van der Waals surface area contributed by atoms with Crippen LogP contribution in [-0.2, 0) is 23.7 Å². The van der Waals surface area contributed by atoms with E-state index in [4.69, 9.17) is 18.9 Å². The van der Waals surface area contributed by atoms with Gasteiger partial charge in [0.25, 0.3) is 0 Å². The van der Waals surface area contributed by atoms with Crippen LogP contribution in [0.4, 0.5) is 0 Å². The summed E-state index contributed by atoms with van der Waals surface area (Å²) in [5.41, 5.74) is 0. The average Bonchev–Trinajstić information content (AvgIpc) is 2.86. The molecule has 5 heteroatoms. The molecule has 0 aromatic rings. The molecule has 0 spiro atoms. The van der Waals surface area contributed by atoms with Gasteiger partial charge in [0.05, 0.1) is 12.7 Å². The molecule has 1 heterocycles. The fourth-order valence-corrected chi connectivity index (χ4v) is 2.20. The Hall–Kier alpha value is -0.910. The molecule has 0 amide bonds. The van der Waals surface area contributed by atoms with Crippen molar-refractivity contribution in [3.8, 4) is 0 Å². The second kappa shape index (κ2) is 9.98. The first-order chi connectivity index (χ1) is 10.5. The fraction of sp³-hybridized carbons (Fsp3) is 0.824. The van der Waals surface area contributed by atoms with E-state index in [-0.39, 0.29) is 18.4 Å². The van der Waals surface area contributed by atoms with Crippen molar-refractivity contribution in [2.24, 2.45) is 0 Å². The maximum Gasteiger partial charge on any atom is 0.306 e. The van der Waals surface area contributed by atoms with Crippen LogP contribution in [0.2, 0.25) is 0 Å². The minimum absolute atomic E-state index is 0.0766. The van der Waals surface area contributed by atoms with Crippen molar-refractivity contribution in [1.82, 2.24) is 0 Å². The summed E-state index contributed by atoms with van der Waals surface area (Å²) in [6.45, 7) is 9.07. The lowest BCUT2D eigenvalue weighted by Gasteiger charge is -2.29. The number of hydrogen-bond acceptors (Lipinski definition) is 5. The molecule has 0 fully saturated rings. The Labute approximate surface area is 133 Å². The van der Waals surface area contributed by atoms with Crippen LogP contribution in [0.15, 0.2) is 12.2 Å². The highest BCUT2D eigenvalue weighted by Gasteiger charge is 2.36. The molecule has 0 aromatic heterocycles. The maximum absolute atomic E-state index is 11.6. The van der Waals surface area contributed by atoms with E-state index in [1.165, 1.54) is 0 Å². The molecule has 0 bridgehead atoms. The third-order valence-corrected chi connectivity index (χ3v) is 3.13. The Bertz CT molecular complexity index is 353. The molecule has 128 valence electrons. The van der Waals surface area contributed by atoms with Gasteiger partial charge in [-0.15, -0.1) is 0 Å². The first-order valence-corrected chi connectivity index (χ1v) is 8.33. The van der Waals surface area contributed by atoms with Gasteiger partial charge in [0, 0.05) is 19.4 Å². The highest BCUT2D eigenvalue weighted by atomic mass is 16.8. The zero-order valence-electron chi connectivity index (χ0n) is 14.3. The quantitative estimate of drug-likeness (QED) is 0.431. The SMILES string of the molecule is CCCOC1C=CC(CCCC(=O)OC(C)C)(OCCC)O1. The van der Waals surface area contributed by atoms with E-state index in [1.807, 2.05) is 26.0 Å². The van der Waals surface area contributed by atoms with E-state index in [2.05, 4.69) is 13.8 Å². The van der Waals surface area contributed by atoms with Gasteiger partial charge < -0.3 is 18.9 Å². The summed E-state index contributed by atoms with van der Waals surface area (Å²) in [5, 5.41) is 0. The van der Waals surface area contributed by atoms with Crippen LogP contribution in [0, 0.1) is 0 Å². The molecule has 0 saturated carbocycles. The molecule has 2 atom stereocenters. The molecule has 0 aromatic carbocycles. The van der Waals surface area contributed by atoms with E-state index >= 15 is 0 Å². The van der Waals surface area contributed by atoms with Crippen molar-refractivity contribution in [1.29, 1.82) is 0 Å². The van der Waals surface area contributed by atoms with Crippen molar-refractivity contribution in [2.45, 2.75) is 78.0 Å². The Morgan fingerprint density at radius 2 is 2.00 bits per heavy atom. The molecule has 0 radical (unpaired) electrons. The van der Waals surface area contributed by atoms with Crippen molar-refractivity contribution >= 4 is 5.97 Å². The van der Waals surface area contributed by atoms with Gasteiger partial charge in [0.15, 0.2) is 12.1 Å². The predicted octanol–water partition coefficient (Wildman–Crippen LogP) is 3.57. The largest absolute Gasteiger partial charge is 0.463 e. The molecule has 0 aliphatic carbocycles. The lowest BCUT2D eigenvalue weighted by molar-refractivity contribution is -0.261. The van der Waals surface area contributed by atoms with Gasteiger partial charge >= 0.3 is 5.97 Å². The number of carbonyl (C=O) groups excluding carboxylic acids is 1. The topological polar surface area (TPSA) is 54.0 Å². The number of carbonyl (C=O) groups is 1. The van der Waals surface area contributed by atoms with Gasteiger partial charge in [0.2, 0.25) is 0 Å². The van der Waals surface area contributed by atoms with E-state index in [0.717, 1.165) is 12.8 Å². The van der Waals surface area contributed by atoms with E-state index < -0.39 is 5.79 Å². The summed E-state index contributed by atoms with van der Waals surface area (Å²) in [7, 11) is 0. The van der Waals surface area contributed by atoms with Gasteiger partial charge in [-0.3, -0.25) is 4.79 Å². The second-order valence-corrected chi connectivity index (χ2v) is 5.77. The van der Waals surface area contributed by atoms with Crippen molar-refractivity contribution in [3.05, 3.63) is 12.2 Å². The summed E-state index contributed by atoms with van der Waals surface area (Å²) in [6, 6.07) is 0. The van der Waals surface area contributed by atoms with Crippen LogP contribution in [0.25, 0.3) is 0 Å². The fourth-order valence-electron chi connectivity index (χ4n) is 2.20. The Balaban J connectivity index is 2.44. The van der Waals surface area contributed by atoms with Gasteiger partial charge in [-0.25, -0.2) is 0 Å². The van der Waals surface area contributed by atoms with Crippen LogP contribution in [0.5, 0.6) is 0 Å². The average molecular weight is 314 g/mol. The van der Waals surface area contributed by atoms with Crippen molar-refractivity contribution in [2.75, 3.05) is 13.2 Å². The van der Waals surface area contributed by atoms with Crippen molar-refractivity contribution in [3.63, 3.8) is 0 Å². The van der Waals surface area contributed by atoms with Gasteiger partial charge in [-0.1, -0.05) is 13.8 Å². The number of esters is 1. The Morgan fingerprint density at radius 3 is 2.64 bits per heavy atom. The molecule has 0 N–H and O–H groups in total. The molecule has 22 heavy (non-hydrogen) atoms. The molecular formula is C17H30O5. The molecule has 0 saturated heterocycles. The molecule has 2 unspecified atom stereocenters. The molecule has 1 aliphatic heterocycles. The van der Waals surface area contributed by atoms with E-state index in [9.17, 15) is 4.79 Å². The molecular weight excluding hydrogens is 284 g/mol. The molecule has 1 aliphatic rings. The number of hydrogen-bond donors (Lipinski definition) is 0. The highest BCUT2D eigenvalue weighted by molar-refractivity contribution is 5.69. The van der Waals surface area contributed by atoms with Crippen LogP contribution in [0.1, 0.15) is 59.8 Å². The summed E-state index contributed by atoms with van der Waals surface area (Å²) in [6.07, 6.45) is 6.85. The maximum atomic E-state index is 11.6.